The zero-order valence-electron chi connectivity index (χ0n) is 19.5. The molecule has 0 saturated heterocycles. The number of amides is 2. The molecule has 7 heteroatoms. The predicted octanol–water partition coefficient (Wildman–Crippen LogP) is 5.50. The molecule has 1 fully saturated rings. The number of aromatic nitrogens is 3. The Morgan fingerprint density at radius 3 is 2.54 bits per heavy atom. The molecular formula is C28H26N6O. The Kier molecular flexibility index (Phi) is 4.91. The summed E-state index contributed by atoms with van der Waals surface area (Å²) in [4.78, 5) is 22.1. The van der Waals surface area contributed by atoms with Crippen molar-refractivity contribution in [1.29, 1.82) is 0 Å². The molecule has 0 radical (unpaired) electrons. The number of hydrogen-bond acceptors (Lipinski definition) is 4. The van der Waals surface area contributed by atoms with E-state index in [-0.39, 0.29) is 11.4 Å². The molecule has 0 bridgehead atoms. The van der Waals surface area contributed by atoms with Gasteiger partial charge in [-0.2, -0.15) is 0 Å². The van der Waals surface area contributed by atoms with Crippen LogP contribution in [0.4, 0.5) is 16.3 Å². The summed E-state index contributed by atoms with van der Waals surface area (Å²) in [6.45, 7) is 2.69. The Balaban J connectivity index is 1.39. The van der Waals surface area contributed by atoms with Crippen LogP contribution in [-0.2, 0) is 12.0 Å². The van der Waals surface area contributed by atoms with Crippen LogP contribution < -0.4 is 16.4 Å². The topological polar surface area (TPSA) is 97.3 Å². The Morgan fingerprint density at radius 1 is 1.03 bits per heavy atom. The van der Waals surface area contributed by atoms with E-state index < -0.39 is 0 Å². The molecule has 0 unspecified atom stereocenters. The molecule has 0 aliphatic heterocycles. The SMILES string of the molecule is CC1(c2nc(-c3ccc(NC(=O)NCc4ccccc4)c4ccccc34)c3c(N)nccn23)CC1. The minimum Gasteiger partial charge on any atom is -0.382 e. The summed E-state index contributed by atoms with van der Waals surface area (Å²) in [5.41, 5.74) is 10.8. The van der Waals surface area contributed by atoms with Crippen molar-refractivity contribution in [3.63, 3.8) is 0 Å². The molecule has 2 aromatic heterocycles. The van der Waals surface area contributed by atoms with Gasteiger partial charge >= 0.3 is 6.03 Å². The Hall–Kier alpha value is -4.39. The number of urea groups is 1. The van der Waals surface area contributed by atoms with Crippen LogP contribution in [0.2, 0.25) is 0 Å². The van der Waals surface area contributed by atoms with Gasteiger partial charge in [0.15, 0.2) is 0 Å². The Morgan fingerprint density at radius 2 is 1.77 bits per heavy atom. The molecule has 174 valence electrons. The third-order valence-electron chi connectivity index (χ3n) is 6.85. The van der Waals surface area contributed by atoms with Crippen LogP contribution in [0, 0.1) is 0 Å². The van der Waals surface area contributed by atoms with E-state index >= 15 is 0 Å². The number of carbonyl (C=O) groups excluding carboxylic acids is 1. The van der Waals surface area contributed by atoms with Gasteiger partial charge in [0.1, 0.15) is 22.9 Å². The Labute approximate surface area is 203 Å². The standard InChI is InChI=1S/C28H26N6O/c1-28(13-14-28)26-33-23(24-25(29)30-15-16-34(24)26)21-11-12-22(20-10-6-5-9-19(20)21)32-27(35)31-17-18-7-3-2-4-8-18/h2-12,15-16H,13-14,17H2,1H3,(H2,29,30)(H2,31,32,35). The normalized spacial score (nSPS) is 14.2. The lowest BCUT2D eigenvalue weighted by atomic mass is 10.00. The molecule has 0 spiro atoms. The highest BCUT2D eigenvalue weighted by Gasteiger charge is 2.43. The highest BCUT2D eigenvalue weighted by atomic mass is 16.2. The second kappa shape index (κ2) is 8.13. The van der Waals surface area contributed by atoms with Gasteiger partial charge in [-0.1, -0.05) is 67.6 Å². The first-order chi connectivity index (χ1) is 17.0. The second-order valence-corrected chi connectivity index (χ2v) is 9.38. The fraction of sp³-hybridized carbons (Fsp3) is 0.179. The van der Waals surface area contributed by atoms with E-state index in [4.69, 9.17) is 10.7 Å². The van der Waals surface area contributed by atoms with E-state index in [1.807, 2.05) is 72.9 Å². The molecule has 1 aliphatic carbocycles. The summed E-state index contributed by atoms with van der Waals surface area (Å²) in [6.07, 6.45) is 5.88. The van der Waals surface area contributed by atoms with Gasteiger partial charge < -0.3 is 16.4 Å². The summed E-state index contributed by atoms with van der Waals surface area (Å²) in [7, 11) is 0. The van der Waals surface area contributed by atoms with Gasteiger partial charge in [0.05, 0.1) is 5.69 Å². The van der Waals surface area contributed by atoms with Gasteiger partial charge in [0.2, 0.25) is 0 Å². The van der Waals surface area contributed by atoms with Crippen molar-refractivity contribution in [1.82, 2.24) is 19.7 Å². The highest BCUT2D eigenvalue weighted by Crippen LogP contribution is 2.49. The lowest BCUT2D eigenvalue weighted by Gasteiger charge is -2.13. The lowest BCUT2D eigenvalue weighted by Crippen LogP contribution is -2.28. The summed E-state index contributed by atoms with van der Waals surface area (Å²) in [6, 6.07) is 21.5. The molecule has 2 heterocycles. The van der Waals surface area contributed by atoms with Gasteiger partial charge in [0.25, 0.3) is 0 Å². The first-order valence-electron chi connectivity index (χ1n) is 11.8. The molecule has 35 heavy (non-hydrogen) atoms. The predicted molar refractivity (Wildman–Crippen MR) is 139 cm³/mol. The molecular weight excluding hydrogens is 436 g/mol. The van der Waals surface area contributed by atoms with Crippen LogP contribution in [0.5, 0.6) is 0 Å². The summed E-state index contributed by atoms with van der Waals surface area (Å²) in [5, 5.41) is 7.86. The number of fused-ring (bicyclic) bond motifs is 2. The van der Waals surface area contributed by atoms with Crippen molar-refractivity contribution in [3.05, 3.63) is 90.5 Å². The van der Waals surface area contributed by atoms with Gasteiger partial charge in [-0.15, -0.1) is 0 Å². The third-order valence-corrected chi connectivity index (χ3v) is 6.85. The minimum absolute atomic E-state index is 0.0586. The van der Waals surface area contributed by atoms with E-state index in [9.17, 15) is 4.79 Å². The van der Waals surface area contributed by atoms with Crippen molar-refractivity contribution < 1.29 is 4.79 Å². The molecule has 1 aliphatic rings. The maximum atomic E-state index is 12.7. The van der Waals surface area contributed by atoms with E-state index in [2.05, 4.69) is 26.9 Å². The van der Waals surface area contributed by atoms with Crippen molar-refractivity contribution in [2.75, 3.05) is 11.1 Å². The van der Waals surface area contributed by atoms with Crippen molar-refractivity contribution in [2.45, 2.75) is 31.7 Å². The van der Waals surface area contributed by atoms with Crippen LogP contribution in [0.1, 0.15) is 31.2 Å². The number of carbonyl (C=O) groups is 1. The number of hydrogen-bond donors (Lipinski definition) is 3. The van der Waals surface area contributed by atoms with Crippen molar-refractivity contribution >= 4 is 33.8 Å². The fourth-order valence-corrected chi connectivity index (χ4v) is 4.65. The zero-order chi connectivity index (χ0) is 24.0. The van der Waals surface area contributed by atoms with Crippen LogP contribution in [0.15, 0.2) is 79.1 Å². The second-order valence-electron chi connectivity index (χ2n) is 9.38. The number of nitrogen functional groups attached to an aromatic ring is 1. The van der Waals surface area contributed by atoms with E-state index in [1.54, 1.807) is 6.20 Å². The largest absolute Gasteiger partial charge is 0.382 e. The van der Waals surface area contributed by atoms with E-state index in [1.165, 1.54) is 0 Å². The number of imidazole rings is 1. The minimum atomic E-state index is -0.253. The first-order valence-corrected chi connectivity index (χ1v) is 11.8. The molecule has 0 atom stereocenters. The lowest BCUT2D eigenvalue weighted by molar-refractivity contribution is 0.252. The van der Waals surface area contributed by atoms with Gasteiger partial charge in [-0.25, -0.2) is 14.8 Å². The molecule has 7 nitrogen and oxygen atoms in total. The van der Waals surface area contributed by atoms with E-state index in [0.717, 1.165) is 57.5 Å². The highest BCUT2D eigenvalue weighted by molar-refractivity contribution is 6.08. The van der Waals surface area contributed by atoms with Crippen LogP contribution >= 0.6 is 0 Å². The van der Waals surface area contributed by atoms with E-state index in [0.29, 0.717) is 12.4 Å². The van der Waals surface area contributed by atoms with Crippen LogP contribution in [0.25, 0.3) is 27.5 Å². The number of nitrogens with two attached hydrogens (primary N) is 1. The summed E-state index contributed by atoms with van der Waals surface area (Å²) >= 11 is 0. The number of benzene rings is 3. The number of rotatable bonds is 5. The van der Waals surface area contributed by atoms with Crippen molar-refractivity contribution in [3.8, 4) is 11.3 Å². The number of nitrogens with zero attached hydrogens (tertiary/aromatic N) is 3. The average molecular weight is 463 g/mol. The molecule has 4 N–H and O–H groups in total. The summed E-state index contributed by atoms with van der Waals surface area (Å²) < 4.78 is 2.09. The molecule has 3 aromatic carbocycles. The quantitative estimate of drug-likeness (QED) is 0.321. The zero-order valence-corrected chi connectivity index (χ0v) is 19.5. The molecule has 5 aromatic rings. The van der Waals surface area contributed by atoms with Gasteiger partial charge in [0, 0.05) is 35.3 Å². The smallest absolute Gasteiger partial charge is 0.319 e. The van der Waals surface area contributed by atoms with Crippen LogP contribution in [-0.4, -0.2) is 20.4 Å². The molecule has 6 rings (SSSR count). The first kappa shape index (κ1) is 21.2. The Bertz CT molecular complexity index is 1570. The fourth-order valence-electron chi connectivity index (χ4n) is 4.65. The average Bonchev–Trinajstić information content (AvgIpc) is 3.50. The summed E-state index contributed by atoms with van der Waals surface area (Å²) in [5.74, 6) is 1.47. The maximum Gasteiger partial charge on any atom is 0.319 e. The maximum absolute atomic E-state index is 12.7. The number of anilines is 2. The van der Waals surface area contributed by atoms with Gasteiger partial charge in [-0.05, 0) is 29.9 Å². The molecule has 1 saturated carbocycles. The monoisotopic (exact) mass is 462 g/mol. The third kappa shape index (κ3) is 3.75. The molecule has 2 amide bonds. The van der Waals surface area contributed by atoms with Gasteiger partial charge in [-0.3, -0.25) is 4.40 Å². The van der Waals surface area contributed by atoms with Crippen LogP contribution in [0.3, 0.4) is 0 Å². The van der Waals surface area contributed by atoms with Crippen molar-refractivity contribution in [2.24, 2.45) is 0 Å². The number of nitrogens with one attached hydrogen (secondary N) is 2.